The predicted octanol–water partition coefficient (Wildman–Crippen LogP) is 7.53. The van der Waals surface area contributed by atoms with Crippen molar-refractivity contribution in [1.82, 2.24) is 19.8 Å². The molecule has 1 aliphatic rings. The SMILES string of the molecule is O=C1/C(=C/c2cn(-c3ccccc3)nc2-c2cccc3ccccc23)SC(=S)N1Nc1nc2ccccc2s1. The molecule has 6 aromatic rings. The van der Waals surface area contributed by atoms with Gasteiger partial charge in [0.2, 0.25) is 5.13 Å². The van der Waals surface area contributed by atoms with Crippen LogP contribution in [-0.2, 0) is 4.79 Å². The minimum absolute atomic E-state index is 0.222. The second-order valence-corrected chi connectivity index (χ2v) is 11.6. The van der Waals surface area contributed by atoms with Crippen LogP contribution >= 0.6 is 35.3 Å². The van der Waals surface area contributed by atoms with Gasteiger partial charge in [-0.3, -0.25) is 10.2 Å². The fourth-order valence-electron chi connectivity index (χ4n) is 4.57. The number of benzene rings is 4. The van der Waals surface area contributed by atoms with Gasteiger partial charge in [0.25, 0.3) is 5.91 Å². The molecule has 1 amide bonds. The first-order valence-electron chi connectivity index (χ1n) is 12.2. The highest BCUT2D eigenvalue weighted by atomic mass is 32.2. The number of amides is 1. The second kappa shape index (κ2) is 9.77. The average Bonchev–Trinajstić information content (AvgIpc) is 3.65. The number of para-hydroxylation sites is 2. The normalized spacial score (nSPS) is 14.7. The summed E-state index contributed by atoms with van der Waals surface area (Å²) in [6, 6.07) is 32.2. The van der Waals surface area contributed by atoms with E-state index in [1.54, 1.807) is 0 Å². The third-order valence-electron chi connectivity index (χ3n) is 6.39. The lowest BCUT2D eigenvalue weighted by atomic mass is 10.00. The summed E-state index contributed by atoms with van der Waals surface area (Å²) in [6.07, 6.45) is 3.84. The zero-order valence-electron chi connectivity index (χ0n) is 20.3. The van der Waals surface area contributed by atoms with E-state index in [-0.39, 0.29) is 5.91 Å². The van der Waals surface area contributed by atoms with Crippen LogP contribution in [0, 0.1) is 0 Å². The van der Waals surface area contributed by atoms with Gasteiger partial charge in [0.1, 0.15) is 5.69 Å². The largest absolute Gasteiger partial charge is 0.285 e. The Kier molecular flexibility index (Phi) is 5.96. The molecular weight excluding hydrogens is 543 g/mol. The van der Waals surface area contributed by atoms with Gasteiger partial charge in [0.15, 0.2) is 4.32 Å². The molecule has 6 nitrogen and oxygen atoms in total. The number of thiocarbonyl (C=S) groups is 1. The Labute approximate surface area is 237 Å². The van der Waals surface area contributed by atoms with E-state index in [0.29, 0.717) is 14.4 Å². The quantitative estimate of drug-likeness (QED) is 0.173. The molecule has 1 N–H and O–H groups in total. The first-order valence-corrected chi connectivity index (χ1v) is 14.2. The zero-order chi connectivity index (χ0) is 26.3. The number of hydrazine groups is 1. The Balaban J connectivity index is 1.29. The summed E-state index contributed by atoms with van der Waals surface area (Å²) in [4.78, 5) is 18.6. The number of nitrogens with zero attached hydrogens (tertiary/aromatic N) is 4. The molecule has 3 heterocycles. The van der Waals surface area contributed by atoms with Gasteiger partial charge in [-0.25, -0.2) is 9.67 Å². The van der Waals surface area contributed by atoms with Gasteiger partial charge in [0, 0.05) is 17.3 Å². The Morgan fingerprint density at radius 1 is 0.872 bits per heavy atom. The van der Waals surface area contributed by atoms with Crippen molar-refractivity contribution >= 4 is 77.7 Å². The lowest BCUT2D eigenvalue weighted by Gasteiger charge is -2.14. The molecule has 2 aromatic heterocycles. The highest BCUT2D eigenvalue weighted by molar-refractivity contribution is 8.26. The highest BCUT2D eigenvalue weighted by Gasteiger charge is 2.33. The summed E-state index contributed by atoms with van der Waals surface area (Å²) in [7, 11) is 0. The lowest BCUT2D eigenvalue weighted by molar-refractivity contribution is -0.121. The number of rotatable bonds is 5. The topological polar surface area (TPSA) is 63.1 Å². The van der Waals surface area contributed by atoms with Crippen molar-refractivity contribution in [3.05, 3.63) is 114 Å². The van der Waals surface area contributed by atoms with Crippen molar-refractivity contribution in [3.8, 4) is 16.9 Å². The first-order chi connectivity index (χ1) is 19.1. The number of hydrogen-bond acceptors (Lipinski definition) is 7. The van der Waals surface area contributed by atoms with Crippen molar-refractivity contribution in [3.63, 3.8) is 0 Å². The minimum Gasteiger partial charge on any atom is -0.266 e. The molecule has 39 heavy (non-hydrogen) atoms. The van der Waals surface area contributed by atoms with Gasteiger partial charge in [-0.05, 0) is 53.3 Å². The number of nitrogens with one attached hydrogen (secondary N) is 1. The van der Waals surface area contributed by atoms with Crippen LogP contribution in [0.1, 0.15) is 5.56 Å². The van der Waals surface area contributed by atoms with E-state index in [1.165, 1.54) is 28.1 Å². The maximum absolute atomic E-state index is 13.5. The molecule has 7 rings (SSSR count). The van der Waals surface area contributed by atoms with Gasteiger partial charge >= 0.3 is 0 Å². The molecule has 4 aromatic carbocycles. The molecular formula is C30H19N5OS3. The molecule has 0 unspecified atom stereocenters. The number of hydrogen-bond donors (Lipinski definition) is 1. The Morgan fingerprint density at radius 3 is 2.51 bits per heavy atom. The summed E-state index contributed by atoms with van der Waals surface area (Å²) < 4.78 is 3.31. The van der Waals surface area contributed by atoms with Crippen molar-refractivity contribution < 1.29 is 4.79 Å². The van der Waals surface area contributed by atoms with E-state index < -0.39 is 0 Å². The number of anilines is 1. The molecule has 0 spiro atoms. The predicted molar refractivity (Wildman–Crippen MR) is 165 cm³/mol. The van der Waals surface area contributed by atoms with Crippen molar-refractivity contribution in [2.24, 2.45) is 0 Å². The van der Waals surface area contributed by atoms with Crippen LogP contribution in [0.2, 0.25) is 0 Å². The standard InChI is InChI=1S/C30H19N5OS3/c36-28-26(39-30(37)35(28)33-29-31-24-15-6-7-16-25(24)38-29)17-20-18-34(21-11-2-1-3-12-21)32-27(20)23-14-8-10-19-9-4-5-13-22(19)23/h1-18H,(H,31,33)/b26-17-. The summed E-state index contributed by atoms with van der Waals surface area (Å²) in [6.45, 7) is 0. The van der Waals surface area contributed by atoms with E-state index in [9.17, 15) is 4.79 Å². The smallest absolute Gasteiger partial charge is 0.266 e. The maximum atomic E-state index is 13.5. The van der Waals surface area contributed by atoms with Crippen LogP contribution < -0.4 is 5.43 Å². The van der Waals surface area contributed by atoms with Crippen molar-refractivity contribution in [1.29, 1.82) is 0 Å². The summed E-state index contributed by atoms with van der Waals surface area (Å²) in [5, 5.41) is 9.21. The molecule has 9 heteroatoms. The van der Waals surface area contributed by atoms with Gasteiger partial charge in [-0.1, -0.05) is 95.9 Å². The van der Waals surface area contributed by atoms with E-state index in [4.69, 9.17) is 17.3 Å². The Morgan fingerprint density at radius 2 is 1.64 bits per heavy atom. The molecule has 1 saturated heterocycles. The number of carbonyl (C=O) groups excluding carboxylic acids is 1. The Hall–Kier alpha value is -4.31. The lowest BCUT2D eigenvalue weighted by Crippen LogP contribution is -2.33. The molecule has 1 aliphatic heterocycles. The van der Waals surface area contributed by atoms with Crippen LogP contribution in [0.15, 0.2) is 108 Å². The van der Waals surface area contributed by atoms with Gasteiger partial charge in [0.05, 0.1) is 20.8 Å². The molecule has 188 valence electrons. The summed E-state index contributed by atoms with van der Waals surface area (Å²) >= 11 is 8.32. The number of thiazole rings is 1. The van der Waals surface area contributed by atoms with Crippen LogP contribution in [0.25, 0.3) is 44.0 Å². The van der Waals surface area contributed by atoms with Crippen molar-refractivity contribution in [2.45, 2.75) is 0 Å². The Bertz CT molecular complexity index is 1890. The number of fused-ring (bicyclic) bond motifs is 2. The molecule has 0 aliphatic carbocycles. The van der Waals surface area contributed by atoms with Crippen LogP contribution in [0.4, 0.5) is 5.13 Å². The van der Waals surface area contributed by atoms with E-state index in [0.717, 1.165) is 43.5 Å². The molecule has 0 saturated carbocycles. The van der Waals surface area contributed by atoms with Crippen LogP contribution in [-0.4, -0.2) is 30.0 Å². The second-order valence-electron chi connectivity index (χ2n) is 8.86. The van der Waals surface area contributed by atoms with Gasteiger partial charge in [-0.15, -0.1) is 0 Å². The van der Waals surface area contributed by atoms with Gasteiger partial charge < -0.3 is 0 Å². The average molecular weight is 562 g/mol. The number of aromatic nitrogens is 3. The highest BCUT2D eigenvalue weighted by Crippen LogP contribution is 2.37. The first kappa shape index (κ1) is 23.8. The monoisotopic (exact) mass is 561 g/mol. The number of carbonyl (C=O) groups is 1. The van der Waals surface area contributed by atoms with Crippen LogP contribution in [0.3, 0.4) is 0 Å². The minimum atomic E-state index is -0.222. The number of thioether (sulfide) groups is 1. The molecule has 1 fully saturated rings. The molecule has 0 bridgehead atoms. The third kappa shape index (κ3) is 4.40. The fourth-order valence-corrected chi connectivity index (χ4v) is 6.59. The van der Waals surface area contributed by atoms with Crippen molar-refractivity contribution in [2.75, 3.05) is 5.43 Å². The molecule has 0 radical (unpaired) electrons. The van der Waals surface area contributed by atoms with E-state index >= 15 is 0 Å². The summed E-state index contributed by atoms with van der Waals surface area (Å²) in [5.41, 5.74) is 7.54. The van der Waals surface area contributed by atoms with Crippen LogP contribution in [0.5, 0.6) is 0 Å². The maximum Gasteiger partial charge on any atom is 0.285 e. The fraction of sp³-hybridized carbons (Fsp3) is 0. The summed E-state index contributed by atoms with van der Waals surface area (Å²) in [5.74, 6) is -0.222. The third-order valence-corrected chi connectivity index (χ3v) is 8.63. The van der Waals surface area contributed by atoms with E-state index in [1.807, 2.05) is 89.8 Å². The molecule has 0 atom stereocenters. The zero-order valence-corrected chi connectivity index (χ0v) is 22.8. The van der Waals surface area contributed by atoms with E-state index in [2.05, 4.69) is 34.7 Å². The van der Waals surface area contributed by atoms with Gasteiger partial charge in [-0.2, -0.15) is 10.1 Å².